The van der Waals surface area contributed by atoms with Crippen molar-refractivity contribution < 1.29 is 22.6 Å². The van der Waals surface area contributed by atoms with Gasteiger partial charge in [0.05, 0.1) is 35.5 Å². The third-order valence-corrected chi connectivity index (χ3v) is 9.25. The average molecular weight is 576 g/mol. The van der Waals surface area contributed by atoms with Crippen molar-refractivity contribution in [2.45, 2.75) is 181 Å². The quantitative estimate of drug-likeness (QED) is 0.0508. The van der Waals surface area contributed by atoms with Gasteiger partial charge in [0.2, 0.25) is 0 Å². The van der Waals surface area contributed by atoms with E-state index in [4.69, 9.17) is 0 Å². The van der Waals surface area contributed by atoms with Crippen LogP contribution in [0, 0.1) is 0 Å². The molecule has 0 aromatic rings. The number of unbranched alkanes of at least 4 members (excludes halogenated alkanes) is 21. The van der Waals surface area contributed by atoms with Crippen LogP contribution in [0.2, 0.25) is 0 Å². The Kier molecular flexibility index (Phi) is 26.6. The summed E-state index contributed by atoms with van der Waals surface area (Å²) < 4.78 is 35.1. The predicted octanol–water partition coefficient (Wildman–Crippen LogP) is 9.13. The summed E-state index contributed by atoms with van der Waals surface area (Å²) in [6, 6.07) is 0. The molecule has 0 bridgehead atoms. The number of rotatable bonds is 31. The van der Waals surface area contributed by atoms with Gasteiger partial charge in [-0.25, -0.2) is 8.42 Å². The molecule has 1 unspecified atom stereocenters. The second kappa shape index (κ2) is 26.7. The Hall–Kier alpha value is -0.170. The first kappa shape index (κ1) is 38.8. The molecule has 6 heteroatoms. The van der Waals surface area contributed by atoms with Crippen LogP contribution in [0.25, 0.3) is 0 Å². The number of nitrogens with zero attached hydrogens (tertiary/aromatic N) is 1. The fraction of sp³-hybridized carbons (Fsp3) is 1.00. The lowest BCUT2D eigenvalue weighted by Crippen LogP contribution is -2.55. The first-order valence-electron chi connectivity index (χ1n) is 17.2. The minimum absolute atomic E-state index is 0.408. The van der Waals surface area contributed by atoms with Crippen LogP contribution in [0.3, 0.4) is 0 Å². The number of hydrogen-bond acceptors (Lipinski definition) is 4. The van der Waals surface area contributed by atoms with Crippen molar-refractivity contribution in [1.29, 1.82) is 0 Å². The molecule has 1 N–H and O–H groups in total. The van der Waals surface area contributed by atoms with Gasteiger partial charge in [0.1, 0.15) is 12.6 Å². The largest absolute Gasteiger partial charge is 0.748 e. The monoisotopic (exact) mass is 575 g/mol. The Bertz CT molecular complexity index is 561. The van der Waals surface area contributed by atoms with Gasteiger partial charge in [0, 0.05) is 0 Å². The van der Waals surface area contributed by atoms with Crippen LogP contribution in [0.4, 0.5) is 0 Å². The number of hydrogen-bond donors (Lipinski definition) is 1. The molecule has 39 heavy (non-hydrogen) atoms. The van der Waals surface area contributed by atoms with Crippen molar-refractivity contribution >= 4 is 10.1 Å². The van der Waals surface area contributed by atoms with E-state index in [9.17, 15) is 18.1 Å². The number of aliphatic hydroxyl groups excluding tert-OH is 1. The van der Waals surface area contributed by atoms with Crippen molar-refractivity contribution in [3.63, 3.8) is 0 Å². The van der Waals surface area contributed by atoms with Gasteiger partial charge in [0.25, 0.3) is 0 Å². The molecule has 0 aliphatic rings. The summed E-state index contributed by atoms with van der Waals surface area (Å²) >= 11 is 0. The van der Waals surface area contributed by atoms with Gasteiger partial charge >= 0.3 is 0 Å². The normalized spacial score (nSPS) is 13.3. The summed E-state index contributed by atoms with van der Waals surface area (Å²) in [5.74, 6) is -0.653. The van der Waals surface area contributed by atoms with Crippen LogP contribution in [-0.4, -0.2) is 60.6 Å². The van der Waals surface area contributed by atoms with Gasteiger partial charge in [-0.05, 0) is 38.5 Å². The zero-order valence-corrected chi connectivity index (χ0v) is 27.4. The molecule has 0 saturated carbocycles. The molecule has 0 spiro atoms. The van der Waals surface area contributed by atoms with Gasteiger partial charge in [-0.1, -0.05) is 136 Å². The van der Waals surface area contributed by atoms with E-state index in [1.807, 2.05) is 0 Å². The van der Waals surface area contributed by atoms with Crippen LogP contribution in [0.1, 0.15) is 175 Å². The topological polar surface area (TPSA) is 77.4 Å². The highest BCUT2D eigenvalue weighted by Gasteiger charge is 2.30. The summed E-state index contributed by atoms with van der Waals surface area (Å²) in [5.41, 5.74) is 0. The van der Waals surface area contributed by atoms with Crippen LogP contribution in [0.15, 0.2) is 0 Å². The maximum atomic E-state index is 11.4. The molecule has 5 nitrogen and oxygen atoms in total. The first-order valence-corrected chi connectivity index (χ1v) is 18.8. The van der Waals surface area contributed by atoms with E-state index in [0.29, 0.717) is 6.54 Å². The zero-order chi connectivity index (χ0) is 29.1. The van der Waals surface area contributed by atoms with Gasteiger partial charge in [-0.15, -0.1) is 0 Å². The van der Waals surface area contributed by atoms with Crippen molar-refractivity contribution in [3.05, 3.63) is 0 Å². The van der Waals surface area contributed by atoms with Gasteiger partial charge in [-0.3, -0.25) is 0 Å². The van der Waals surface area contributed by atoms with Gasteiger partial charge in [-0.2, -0.15) is 0 Å². The summed E-state index contributed by atoms with van der Waals surface area (Å²) in [6.45, 7) is 10.2. The number of quaternary nitrogens is 1. The minimum Gasteiger partial charge on any atom is -0.748 e. The lowest BCUT2D eigenvalue weighted by molar-refractivity contribution is -0.931. The molecule has 0 aliphatic carbocycles. The summed E-state index contributed by atoms with van der Waals surface area (Å²) in [5, 5.41) is 10.7. The second-order valence-electron chi connectivity index (χ2n) is 12.5. The minimum atomic E-state index is -4.43. The molecular weight excluding hydrogens is 506 g/mol. The van der Waals surface area contributed by atoms with E-state index in [1.165, 1.54) is 135 Å². The standard InChI is InChI=1S/C33H69NO4S/c1-4-7-10-13-16-19-22-25-28-34(31-33(35)32-39(36,37)38,29-26-23-20-17-14-11-8-5-2)30-27-24-21-18-15-12-9-6-3/h33,35H,4-32H2,1-3H3. The Morgan fingerprint density at radius 2 is 0.769 bits per heavy atom. The van der Waals surface area contributed by atoms with Crippen molar-refractivity contribution in [3.8, 4) is 0 Å². The summed E-state index contributed by atoms with van der Waals surface area (Å²) in [7, 11) is -4.43. The molecule has 1 atom stereocenters. The van der Waals surface area contributed by atoms with E-state index in [0.717, 1.165) is 43.4 Å². The van der Waals surface area contributed by atoms with E-state index < -0.39 is 22.0 Å². The summed E-state index contributed by atoms with van der Waals surface area (Å²) in [4.78, 5) is 0. The Balaban J connectivity index is 5.02. The van der Waals surface area contributed by atoms with Gasteiger partial charge < -0.3 is 14.1 Å². The third kappa shape index (κ3) is 26.5. The van der Waals surface area contributed by atoms with Crippen LogP contribution < -0.4 is 0 Å². The molecule has 0 rings (SSSR count). The van der Waals surface area contributed by atoms with Crippen LogP contribution in [0.5, 0.6) is 0 Å². The average Bonchev–Trinajstić information content (AvgIpc) is 2.87. The van der Waals surface area contributed by atoms with Crippen molar-refractivity contribution in [2.24, 2.45) is 0 Å². The first-order chi connectivity index (χ1) is 18.8. The molecule has 0 heterocycles. The van der Waals surface area contributed by atoms with E-state index >= 15 is 0 Å². The zero-order valence-electron chi connectivity index (χ0n) is 26.6. The smallest absolute Gasteiger partial charge is 0.116 e. The van der Waals surface area contributed by atoms with Gasteiger partial charge in [0.15, 0.2) is 0 Å². The van der Waals surface area contributed by atoms with Crippen molar-refractivity contribution in [2.75, 3.05) is 31.9 Å². The molecule has 236 valence electrons. The lowest BCUT2D eigenvalue weighted by Gasteiger charge is -2.41. The van der Waals surface area contributed by atoms with Crippen LogP contribution >= 0.6 is 0 Å². The molecule has 0 aliphatic heterocycles. The van der Waals surface area contributed by atoms with Crippen LogP contribution in [-0.2, 0) is 10.1 Å². The highest BCUT2D eigenvalue weighted by Crippen LogP contribution is 2.20. The molecule has 0 aromatic carbocycles. The number of aliphatic hydroxyl groups is 1. The summed E-state index contributed by atoms with van der Waals surface area (Å²) in [6.07, 6.45) is 29.4. The SMILES string of the molecule is CCCCCCCCCC[N+](CCCCCCCCCC)(CCCCCCCCCC)CC(O)CS(=O)(=O)[O-]. The fourth-order valence-electron chi connectivity index (χ4n) is 6.09. The van der Waals surface area contributed by atoms with E-state index in [1.54, 1.807) is 0 Å². The highest BCUT2D eigenvalue weighted by molar-refractivity contribution is 7.85. The molecule has 0 amide bonds. The maximum Gasteiger partial charge on any atom is 0.116 e. The molecule has 0 fully saturated rings. The third-order valence-electron chi connectivity index (χ3n) is 8.45. The predicted molar refractivity (Wildman–Crippen MR) is 168 cm³/mol. The maximum absolute atomic E-state index is 11.4. The van der Waals surface area contributed by atoms with E-state index in [-0.39, 0.29) is 0 Å². The highest BCUT2D eigenvalue weighted by atomic mass is 32.2. The Labute approximate surface area is 245 Å². The second-order valence-corrected chi connectivity index (χ2v) is 13.9. The van der Waals surface area contributed by atoms with E-state index in [2.05, 4.69) is 20.8 Å². The Morgan fingerprint density at radius 1 is 0.513 bits per heavy atom. The molecular formula is C33H69NO4S. The molecule has 0 radical (unpaired) electrons. The lowest BCUT2D eigenvalue weighted by atomic mass is 10.0. The molecule has 0 aromatic heterocycles. The molecule has 0 saturated heterocycles. The fourth-order valence-corrected chi connectivity index (χ4v) is 6.66. The van der Waals surface area contributed by atoms with Crippen molar-refractivity contribution in [1.82, 2.24) is 0 Å². The Morgan fingerprint density at radius 3 is 1.03 bits per heavy atom.